The second-order valence-electron chi connectivity index (χ2n) is 7.80. The van der Waals surface area contributed by atoms with Crippen LogP contribution in [-0.2, 0) is 0 Å². The van der Waals surface area contributed by atoms with Crippen LogP contribution >= 0.6 is 0 Å². The molecule has 3 rings (SSSR count). The normalized spacial score (nSPS) is 12.4. The number of hydrogen-bond donors (Lipinski definition) is 1. The number of aliphatic hydroxyl groups is 1. The predicted molar refractivity (Wildman–Crippen MR) is 117 cm³/mol. The number of carbonyl (C=O) groups excluding carboxylic acids is 1. The van der Waals surface area contributed by atoms with E-state index in [1.807, 2.05) is 93.3 Å². The molecule has 1 atom stereocenters. The maximum Gasteiger partial charge on any atom is 0.255 e. The van der Waals surface area contributed by atoms with Gasteiger partial charge in [-0.05, 0) is 50.3 Å². The van der Waals surface area contributed by atoms with Crippen molar-refractivity contribution in [3.05, 3.63) is 77.4 Å². The van der Waals surface area contributed by atoms with Gasteiger partial charge in [0.05, 0.1) is 12.7 Å². The number of benzene rings is 3. The van der Waals surface area contributed by atoms with Gasteiger partial charge in [0.1, 0.15) is 11.9 Å². The summed E-state index contributed by atoms with van der Waals surface area (Å²) in [7, 11) is 1.60. The van der Waals surface area contributed by atoms with Crippen molar-refractivity contribution in [2.24, 2.45) is 0 Å². The van der Waals surface area contributed by atoms with Crippen LogP contribution in [0.4, 0.5) is 0 Å². The van der Waals surface area contributed by atoms with E-state index in [0.29, 0.717) is 16.9 Å². The number of fused-ring (bicyclic) bond motifs is 1. The van der Waals surface area contributed by atoms with Gasteiger partial charge in [0.15, 0.2) is 0 Å². The molecule has 0 fully saturated rings. The molecule has 3 aromatic carbocycles. The van der Waals surface area contributed by atoms with Crippen molar-refractivity contribution in [3.8, 4) is 5.75 Å². The molecule has 4 heteroatoms. The lowest BCUT2D eigenvalue weighted by molar-refractivity contribution is 0.0640. The Balaban J connectivity index is 2.32. The van der Waals surface area contributed by atoms with Crippen molar-refractivity contribution < 1.29 is 14.6 Å². The summed E-state index contributed by atoms with van der Waals surface area (Å²) in [4.78, 5) is 15.7. The highest BCUT2D eigenvalue weighted by molar-refractivity contribution is 6.11. The standard InChI is InChI=1S/C25H29NO3/c1-16(2)26(17(3)4)25(28)23-20(24(27)19-10-7-6-8-11-19)15-14-18-12-9-13-21(29-5)22(18)23/h6-17,24,27H,1-5H3/t24-/m0/s1. The Morgan fingerprint density at radius 3 is 2.14 bits per heavy atom. The molecule has 0 aromatic heterocycles. The third-order valence-electron chi connectivity index (χ3n) is 5.23. The minimum Gasteiger partial charge on any atom is -0.496 e. The highest BCUT2D eigenvalue weighted by Crippen LogP contribution is 2.36. The smallest absolute Gasteiger partial charge is 0.255 e. The van der Waals surface area contributed by atoms with E-state index in [0.717, 1.165) is 16.3 Å². The van der Waals surface area contributed by atoms with Crippen molar-refractivity contribution in [2.75, 3.05) is 7.11 Å². The SMILES string of the molecule is COc1cccc2ccc([C@@H](O)c3ccccc3)c(C(=O)N(C(C)C)C(C)C)c12. The Morgan fingerprint density at radius 1 is 0.897 bits per heavy atom. The molecule has 152 valence electrons. The van der Waals surface area contributed by atoms with Crippen LogP contribution in [-0.4, -0.2) is 35.1 Å². The minimum absolute atomic E-state index is 0.0224. The van der Waals surface area contributed by atoms with Gasteiger partial charge in [-0.3, -0.25) is 4.79 Å². The van der Waals surface area contributed by atoms with Gasteiger partial charge in [0, 0.05) is 17.5 Å². The van der Waals surface area contributed by atoms with E-state index in [1.165, 1.54) is 0 Å². The van der Waals surface area contributed by atoms with Crippen LogP contribution in [0.3, 0.4) is 0 Å². The molecule has 0 saturated carbocycles. The monoisotopic (exact) mass is 391 g/mol. The molecule has 4 nitrogen and oxygen atoms in total. The Hall–Kier alpha value is -2.85. The average Bonchev–Trinajstić information content (AvgIpc) is 2.71. The second kappa shape index (κ2) is 8.66. The lowest BCUT2D eigenvalue weighted by Gasteiger charge is -2.32. The van der Waals surface area contributed by atoms with Crippen molar-refractivity contribution in [1.82, 2.24) is 4.90 Å². The molecule has 0 bridgehead atoms. The summed E-state index contributed by atoms with van der Waals surface area (Å²) in [6.45, 7) is 8.03. The molecule has 0 unspecified atom stereocenters. The van der Waals surface area contributed by atoms with Gasteiger partial charge < -0.3 is 14.7 Å². The maximum absolute atomic E-state index is 13.8. The summed E-state index contributed by atoms with van der Waals surface area (Å²) in [5, 5.41) is 12.8. The van der Waals surface area contributed by atoms with Crippen LogP contribution in [0.2, 0.25) is 0 Å². The highest BCUT2D eigenvalue weighted by Gasteiger charge is 2.29. The lowest BCUT2D eigenvalue weighted by Crippen LogP contribution is -2.42. The first kappa shape index (κ1) is 20.9. The number of aliphatic hydroxyl groups excluding tert-OH is 1. The zero-order valence-corrected chi connectivity index (χ0v) is 17.7. The Kier molecular flexibility index (Phi) is 6.23. The lowest BCUT2D eigenvalue weighted by atomic mass is 9.90. The first-order valence-electron chi connectivity index (χ1n) is 10.0. The quantitative estimate of drug-likeness (QED) is 0.629. The fourth-order valence-electron chi connectivity index (χ4n) is 4.00. The van der Waals surface area contributed by atoms with E-state index in [-0.39, 0.29) is 18.0 Å². The fraction of sp³-hybridized carbons (Fsp3) is 0.320. The van der Waals surface area contributed by atoms with Crippen LogP contribution in [0.1, 0.15) is 55.3 Å². The van der Waals surface area contributed by atoms with Gasteiger partial charge in [0.2, 0.25) is 0 Å². The Labute approximate surface area is 172 Å². The van der Waals surface area contributed by atoms with Gasteiger partial charge in [-0.2, -0.15) is 0 Å². The van der Waals surface area contributed by atoms with E-state index < -0.39 is 6.10 Å². The van der Waals surface area contributed by atoms with E-state index >= 15 is 0 Å². The van der Waals surface area contributed by atoms with E-state index in [4.69, 9.17) is 4.74 Å². The first-order valence-corrected chi connectivity index (χ1v) is 10.0. The highest BCUT2D eigenvalue weighted by atomic mass is 16.5. The number of nitrogens with zero attached hydrogens (tertiary/aromatic N) is 1. The summed E-state index contributed by atoms with van der Waals surface area (Å²) >= 11 is 0. The van der Waals surface area contributed by atoms with Crippen molar-refractivity contribution in [1.29, 1.82) is 0 Å². The fourth-order valence-corrected chi connectivity index (χ4v) is 4.00. The van der Waals surface area contributed by atoms with Crippen molar-refractivity contribution >= 4 is 16.7 Å². The molecule has 29 heavy (non-hydrogen) atoms. The van der Waals surface area contributed by atoms with Crippen molar-refractivity contribution in [2.45, 2.75) is 45.9 Å². The maximum atomic E-state index is 13.8. The van der Waals surface area contributed by atoms with Gasteiger partial charge in [0.25, 0.3) is 5.91 Å². The van der Waals surface area contributed by atoms with Gasteiger partial charge in [-0.15, -0.1) is 0 Å². The molecular formula is C25H29NO3. The first-order chi connectivity index (χ1) is 13.9. The molecule has 0 heterocycles. The largest absolute Gasteiger partial charge is 0.496 e. The zero-order chi connectivity index (χ0) is 21.1. The molecule has 3 aromatic rings. The molecule has 0 aliphatic rings. The molecular weight excluding hydrogens is 362 g/mol. The number of amides is 1. The molecule has 1 N–H and O–H groups in total. The van der Waals surface area contributed by atoms with E-state index in [9.17, 15) is 9.90 Å². The van der Waals surface area contributed by atoms with Crippen molar-refractivity contribution in [3.63, 3.8) is 0 Å². The number of ether oxygens (including phenoxy) is 1. The molecule has 1 amide bonds. The van der Waals surface area contributed by atoms with E-state index in [1.54, 1.807) is 7.11 Å². The van der Waals surface area contributed by atoms with Gasteiger partial charge >= 0.3 is 0 Å². The summed E-state index contributed by atoms with van der Waals surface area (Å²) in [6, 6.07) is 19.0. The number of carbonyl (C=O) groups is 1. The van der Waals surface area contributed by atoms with Crippen LogP contribution < -0.4 is 4.74 Å². The molecule has 0 aliphatic heterocycles. The van der Waals surface area contributed by atoms with Gasteiger partial charge in [-0.1, -0.05) is 54.6 Å². The average molecular weight is 392 g/mol. The minimum atomic E-state index is -0.911. The molecule has 0 radical (unpaired) electrons. The van der Waals surface area contributed by atoms with Crippen LogP contribution in [0.25, 0.3) is 10.8 Å². The predicted octanol–water partition coefficient (Wildman–Crippen LogP) is 5.19. The summed E-state index contributed by atoms with van der Waals surface area (Å²) in [5.41, 5.74) is 1.83. The number of hydrogen-bond acceptors (Lipinski definition) is 3. The molecule has 0 spiro atoms. The third kappa shape index (κ3) is 3.99. The summed E-state index contributed by atoms with van der Waals surface area (Å²) in [6.07, 6.45) is -0.911. The molecule has 0 saturated heterocycles. The molecule has 0 aliphatic carbocycles. The Bertz CT molecular complexity index is 988. The summed E-state index contributed by atoms with van der Waals surface area (Å²) in [5.74, 6) is 0.524. The third-order valence-corrected chi connectivity index (χ3v) is 5.23. The van der Waals surface area contributed by atoms with Crippen LogP contribution in [0.15, 0.2) is 60.7 Å². The van der Waals surface area contributed by atoms with Crippen LogP contribution in [0, 0.1) is 0 Å². The van der Waals surface area contributed by atoms with Gasteiger partial charge in [-0.25, -0.2) is 0 Å². The van der Waals surface area contributed by atoms with Crippen LogP contribution in [0.5, 0.6) is 5.75 Å². The van der Waals surface area contributed by atoms with E-state index in [2.05, 4.69) is 0 Å². The topological polar surface area (TPSA) is 49.8 Å². The number of methoxy groups -OCH3 is 1. The summed E-state index contributed by atoms with van der Waals surface area (Å²) < 4.78 is 5.61. The zero-order valence-electron chi connectivity index (χ0n) is 17.7. The second-order valence-corrected chi connectivity index (χ2v) is 7.80. The number of rotatable bonds is 6. The Morgan fingerprint density at radius 2 is 1.55 bits per heavy atom.